The minimum Gasteiger partial charge on any atom is -0.314 e. The van der Waals surface area contributed by atoms with Crippen LogP contribution in [0, 0.1) is 0 Å². The number of hydrogen-bond acceptors (Lipinski definition) is 2. The van der Waals surface area contributed by atoms with Crippen LogP contribution in [0.15, 0.2) is 29.2 Å². The van der Waals surface area contributed by atoms with Gasteiger partial charge < -0.3 is 9.47 Å². The Hall–Kier alpha value is -0.610. The fraction of sp³-hybridized carbons (Fsp3) is 0.615. The van der Waals surface area contributed by atoms with Crippen LogP contribution in [0.2, 0.25) is 0 Å². The normalized spacial score (nSPS) is 11.0. The molecule has 3 nitrogen and oxygen atoms in total. The summed E-state index contributed by atoms with van der Waals surface area (Å²) in [6.45, 7) is 2.81. The molecule has 0 radical (unpaired) electrons. The van der Waals surface area contributed by atoms with Gasteiger partial charge in [-0.25, -0.2) is 0 Å². The first-order valence-electron chi connectivity index (χ1n) is 6.14. The molecule has 0 atom stereocenters. The largest absolute Gasteiger partial charge is 0.314 e. The molecule has 0 saturated heterocycles. The predicted molar refractivity (Wildman–Crippen MR) is 75.8 cm³/mol. The molecule has 1 aromatic heterocycles. The number of likely N-dealkylation sites (N-methyl/N-ethyl adjacent to an activating group) is 1. The lowest BCUT2D eigenvalue weighted by atomic mass is 10.2. The first kappa shape index (κ1) is 14.5. The van der Waals surface area contributed by atoms with Crippen LogP contribution in [-0.4, -0.2) is 34.9 Å². The highest BCUT2D eigenvalue weighted by atomic mass is 79.9. The Labute approximate surface area is 112 Å². The molecule has 4 heteroatoms. The van der Waals surface area contributed by atoms with E-state index in [1.165, 1.54) is 19.3 Å². The second-order valence-electron chi connectivity index (χ2n) is 4.29. The van der Waals surface area contributed by atoms with Crippen molar-refractivity contribution < 1.29 is 0 Å². The monoisotopic (exact) mass is 300 g/mol. The summed E-state index contributed by atoms with van der Waals surface area (Å²) in [4.78, 5) is 13.8. The number of alkyl halides is 1. The average molecular weight is 301 g/mol. The van der Waals surface area contributed by atoms with E-state index in [0.717, 1.165) is 25.0 Å². The van der Waals surface area contributed by atoms with Crippen molar-refractivity contribution in [2.75, 3.05) is 25.5 Å². The molecule has 1 heterocycles. The summed E-state index contributed by atoms with van der Waals surface area (Å²) in [6.07, 6.45) is 5.58. The lowest BCUT2D eigenvalue weighted by Crippen LogP contribution is -2.28. The summed E-state index contributed by atoms with van der Waals surface area (Å²) in [5.74, 6) is 0. The molecule has 0 fully saturated rings. The summed E-state index contributed by atoms with van der Waals surface area (Å²) < 4.78 is 1.76. The molecule has 17 heavy (non-hydrogen) atoms. The van der Waals surface area contributed by atoms with E-state index in [4.69, 9.17) is 0 Å². The summed E-state index contributed by atoms with van der Waals surface area (Å²) >= 11 is 3.43. The van der Waals surface area contributed by atoms with Crippen LogP contribution in [0.25, 0.3) is 0 Å². The minimum absolute atomic E-state index is 0.0835. The van der Waals surface area contributed by atoms with E-state index in [-0.39, 0.29) is 5.56 Å². The van der Waals surface area contributed by atoms with Crippen molar-refractivity contribution in [3.63, 3.8) is 0 Å². The molecule has 0 aliphatic rings. The van der Waals surface area contributed by atoms with E-state index in [0.29, 0.717) is 0 Å². The van der Waals surface area contributed by atoms with Gasteiger partial charge in [-0.05, 0) is 32.5 Å². The second-order valence-corrected chi connectivity index (χ2v) is 5.08. The molecule has 0 N–H and O–H groups in total. The van der Waals surface area contributed by atoms with Crippen LogP contribution in [0.3, 0.4) is 0 Å². The molecule has 0 amide bonds. The van der Waals surface area contributed by atoms with Gasteiger partial charge in [-0.3, -0.25) is 4.79 Å². The third-order valence-corrected chi connectivity index (χ3v) is 3.36. The van der Waals surface area contributed by atoms with Gasteiger partial charge in [0.15, 0.2) is 0 Å². The Kier molecular flexibility index (Phi) is 7.21. The molecule has 1 aromatic rings. The molecule has 0 aliphatic carbocycles. The van der Waals surface area contributed by atoms with Crippen molar-refractivity contribution in [2.45, 2.75) is 25.8 Å². The van der Waals surface area contributed by atoms with E-state index in [9.17, 15) is 4.79 Å². The lowest BCUT2D eigenvalue weighted by molar-refractivity contribution is 0.309. The summed E-state index contributed by atoms with van der Waals surface area (Å²) in [6, 6.07) is 5.29. The zero-order valence-electron chi connectivity index (χ0n) is 10.4. The Balaban J connectivity index is 2.22. The summed E-state index contributed by atoms with van der Waals surface area (Å²) in [5.41, 5.74) is 0.0835. The Morgan fingerprint density at radius 1 is 1.24 bits per heavy atom. The van der Waals surface area contributed by atoms with Gasteiger partial charge in [0.05, 0.1) is 0 Å². The van der Waals surface area contributed by atoms with Crippen molar-refractivity contribution in [1.82, 2.24) is 9.47 Å². The summed E-state index contributed by atoms with van der Waals surface area (Å²) in [5, 5.41) is 1.09. The zero-order chi connectivity index (χ0) is 12.5. The number of aromatic nitrogens is 1. The molecular weight excluding hydrogens is 280 g/mol. The standard InChI is InChI=1S/C13H21BrN2O/c1-15(9-5-2-4-8-14)11-12-16-10-6-3-7-13(16)17/h3,6-7,10H,2,4-5,8-9,11-12H2,1H3. The van der Waals surface area contributed by atoms with Gasteiger partial charge in [0.25, 0.3) is 5.56 Å². The van der Waals surface area contributed by atoms with Crippen molar-refractivity contribution >= 4 is 15.9 Å². The van der Waals surface area contributed by atoms with Crippen LogP contribution in [0.4, 0.5) is 0 Å². The van der Waals surface area contributed by atoms with Crippen molar-refractivity contribution in [3.8, 4) is 0 Å². The first-order valence-corrected chi connectivity index (χ1v) is 7.26. The van der Waals surface area contributed by atoms with Crippen molar-refractivity contribution in [1.29, 1.82) is 0 Å². The van der Waals surface area contributed by atoms with Gasteiger partial charge in [-0.15, -0.1) is 0 Å². The van der Waals surface area contributed by atoms with Crippen LogP contribution in [-0.2, 0) is 6.54 Å². The third kappa shape index (κ3) is 6.03. The van der Waals surface area contributed by atoms with Crippen LogP contribution in [0.5, 0.6) is 0 Å². The Morgan fingerprint density at radius 3 is 2.76 bits per heavy atom. The SMILES string of the molecule is CN(CCCCCBr)CCn1ccccc1=O. The molecule has 0 saturated carbocycles. The molecule has 0 aromatic carbocycles. The van der Waals surface area contributed by atoms with Gasteiger partial charge >= 0.3 is 0 Å². The van der Waals surface area contributed by atoms with Crippen LogP contribution >= 0.6 is 15.9 Å². The highest BCUT2D eigenvalue weighted by Crippen LogP contribution is 2.00. The maximum absolute atomic E-state index is 11.5. The van der Waals surface area contributed by atoms with E-state index in [2.05, 4.69) is 27.9 Å². The average Bonchev–Trinajstić information content (AvgIpc) is 2.34. The fourth-order valence-corrected chi connectivity index (χ4v) is 2.09. The maximum atomic E-state index is 11.5. The molecule has 1 rings (SSSR count). The predicted octanol–water partition coefficient (Wildman–Crippen LogP) is 2.35. The zero-order valence-corrected chi connectivity index (χ0v) is 12.0. The van der Waals surface area contributed by atoms with Gasteiger partial charge in [-0.1, -0.05) is 28.4 Å². The number of hydrogen-bond donors (Lipinski definition) is 0. The molecule has 0 spiro atoms. The third-order valence-electron chi connectivity index (χ3n) is 2.80. The Morgan fingerprint density at radius 2 is 2.06 bits per heavy atom. The minimum atomic E-state index is 0.0835. The van der Waals surface area contributed by atoms with Crippen LogP contribution in [0.1, 0.15) is 19.3 Å². The smallest absolute Gasteiger partial charge is 0.250 e. The molecule has 0 aliphatic heterocycles. The fourth-order valence-electron chi connectivity index (χ4n) is 1.69. The quantitative estimate of drug-likeness (QED) is 0.544. The van der Waals surface area contributed by atoms with Crippen LogP contribution < -0.4 is 5.56 Å². The molecule has 96 valence electrons. The Bertz CT molecular complexity index is 364. The molecular formula is C13H21BrN2O. The van der Waals surface area contributed by atoms with Gasteiger partial charge in [0.1, 0.15) is 0 Å². The number of rotatable bonds is 8. The highest BCUT2D eigenvalue weighted by Gasteiger charge is 1.99. The second kappa shape index (κ2) is 8.48. The molecule has 0 unspecified atom stereocenters. The van der Waals surface area contributed by atoms with Gasteiger partial charge in [0, 0.05) is 30.7 Å². The topological polar surface area (TPSA) is 25.2 Å². The highest BCUT2D eigenvalue weighted by molar-refractivity contribution is 9.09. The van der Waals surface area contributed by atoms with E-state index in [1.807, 2.05) is 12.3 Å². The number of nitrogens with zero attached hydrogens (tertiary/aromatic N) is 2. The maximum Gasteiger partial charge on any atom is 0.250 e. The van der Waals surface area contributed by atoms with E-state index >= 15 is 0 Å². The number of unbranched alkanes of at least 4 members (excludes halogenated alkanes) is 2. The van der Waals surface area contributed by atoms with E-state index < -0.39 is 0 Å². The lowest BCUT2D eigenvalue weighted by Gasteiger charge is -2.16. The first-order chi connectivity index (χ1) is 8.24. The van der Waals surface area contributed by atoms with Crippen molar-refractivity contribution in [3.05, 3.63) is 34.7 Å². The van der Waals surface area contributed by atoms with Crippen molar-refractivity contribution in [2.24, 2.45) is 0 Å². The number of halogens is 1. The van der Waals surface area contributed by atoms with Gasteiger partial charge in [-0.2, -0.15) is 0 Å². The number of pyridine rings is 1. The van der Waals surface area contributed by atoms with Gasteiger partial charge in [0.2, 0.25) is 0 Å². The molecule has 0 bridgehead atoms. The van der Waals surface area contributed by atoms with E-state index in [1.54, 1.807) is 16.7 Å². The summed E-state index contributed by atoms with van der Waals surface area (Å²) in [7, 11) is 2.11.